The summed E-state index contributed by atoms with van der Waals surface area (Å²) >= 11 is 7.32. The van der Waals surface area contributed by atoms with E-state index in [1.165, 1.54) is 11.3 Å². The first-order chi connectivity index (χ1) is 14.8. The molecule has 0 aliphatic rings. The minimum atomic E-state index is -0.292. The number of rotatable bonds is 5. The molecular formula is C23H21ClN4O2S. The predicted molar refractivity (Wildman–Crippen MR) is 126 cm³/mol. The Kier molecular flexibility index (Phi) is 5.80. The van der Waals surface area contributed by atoms with Gasteiger partial charge >= 0.3 is 0 Å². The topological polar surface area (TPSA) is 76.0 Å². The third kappa shape index (κ3) is 4.33. The summed E-state index contributed by atoms with van der Waals surface area (Å²) in [5.41, 5.74) is 4.43. The number of para-hydroxylation sites is 1. The molecule has 0 spiro atoms. The number of amides is 2. The molecule has 0 fully saturated rings. The Hall–Kier alpha value is -3.16. The average Bonchev–Trinajstić information content (AvgIpc) is 3.30. The molecule has 2 aromatic carbocycles. The van der Waals surface area contributed by atoms with Crippen LogP contribution in [0.2, 0.25) is 5.02 Å². The lowest BCUT2D eigenvalue weighted by atomic mass is 10.1. The molecule has 2 amide bonds. The second-order valence-corrected chi connectivity index (χ2v) is 8.77. The van der Waals surface area contributed by atoms with Crippen LogP contribution in [0.1, 0.15) is 26.5 Å². The van der Waals surface area contributed by atoms with Crippen molar-refractivity contribution in [2.24, 2.45) is 0 Å². The number of aromatic nitrogens is 2. The predicted octanol–water partition coefficient (Wildman–Crippen LogP) is 5.03. The molecule has 0 aliphatic carbocycles. The quantitative estimate of drug-likeness (QED) is 0.445. The van der Waals surface area contributed by atoms with Crippen molar-refractivity contribution in [3.63, 3.8) is 0 Å². The number of carbonyl (C=O) groups is 2. The van der Waals surface area contributed by atoms with E-state index in [0.29, 0.717) is 9.90 Å². The molecule has 6 nitrogen and oxygen atoms in total. The SMILES string of the molecule is Cc1cccc(C)c1NC(=O)CNC(=O)c1cc2c(C)nn(-c3ccc(Cl)cc3)c2s1. The van der Waals surface area contributed by atoms with Gasteiger partial charge in [0.15, 0.2) is 0 Å². The van der Waals surface area contributed by atoms with Crippen molar-refractivity contribution in [1.29, 1.82) is 0 Å². The Bertz CT molecular complexity index is 1270. The van der Waals surface area contributed by atoms with Crippen LogP contribution in [0.15, 0.2) is 48.5 Å². The fraction of sp³-hybridized carbons (Fsp3) is 0.174. The summed E-state index contributed by atoms with van der Waals surface area (Å²) in [5.74, 6) is -0.560. The van der Waals surface area contributed by atoms with E-state index < -0.39 is 0 Å². The number of halogens is 1. The number of carbonyl (C=O) groups excluding carboxylic acids is 2. The molecule has 0 aliphatic heterocycles. The summed E-state index contributed by atoms with van der Waals surface area (Å²) in [7, 11) is 0. The highest BCUT2D eigenvalue weighted by Crippen LogP contribution is 2.30. The lowest BCUT2D eigenvalue weighted by Crippen LogP contribution is -2.32. The lowest BCUT2D eigenvalue weighted by molar-refractivity contribution is -0.115. The van der Waals surface area contributed by atoms with Crippen molar-refractivity contribution in [3.8, 4) is 5.69 Å². The van der Waals surface area contributed by atoms with Crippen LogP contribution in [0.25, 0.3) is 15.9 Å². The van der Waals surface area contributed by atoms with Crippen molar-refractivity contribution in [3.05, 3.63) is 75.3 Å². The van der Waals surface area contributed by atoms with Gasteiger partial charge in [0.2, 0.25) is 5.91 Å². The number of aryl methyl sites for hydroxylation is 3. The van der Waals surface area contributed by atoms with Crippen LogP contribution in [0.4, 0.5) is 5.69 Å². The molecule has 2 heterocycles. The van der Waals surface area contributed by atoms with Gasteiger partial charge in [-0.25, -0.2) is 4.68 Å². The Morgan fingerprint density at radius 2 is 1.74 bits per heavy atom. The Balaban J connectivity index is 1.49. The van der Waals surface area contributed by atoms with Gasteiger partial charge < -0.3 is 10.6 Å². The summed E-state index contributed by atoms with van der Waals surface area (Å²) in [6.07, 6.45) is 0. The second-order valence-electron chi connectivity index (χ2n) is 7.30. The van der Waals surface area contributed by atoms with Gasteiger partial charge in [-0.05, 0) is 62.2 Å². The maximum atomic E-state index is 12.7. The van der Waals surface area contributed by atoms with Crippen molar-refractivity contribution in [2.75, 3.05) is 11.9 Å². The lowest BCUT2D eigenvalue weighted by Gasteiger charge is -2.11. The summed E-state index contributed by atoms with van der Waals surface area (Å²) in [5, 5.41) is 11.7. The minimum absolute atomic E-state index is 0.108. The second kappa shape index (κ2) is 8.53. The van der Waals surface area contributed by atoms with Gasteiger partial charge in [-0.3, -0.25) is 9.59 Å². The molecule has 2 aromatic heterocycles. The van der Waals surface area contributed by atoms with E-state index in [2.05, 4.69) is 15.7 Å². The number of nitrogens with one attached hydrogen (secondary N) is 2. The zero-order valence-corrected chi connectivity index (χ0v) is 18.9. The summed E-state index contributed by atoms with van der Waals surface area (Å²) in [6.45, 7) is 5.67. The molecule has 0 saturated carbocycles. The molecule has 4 aromatic rings. The number of nitrogens with zero attached hydrogens (tertiary/aromatic N) is 2. The number of thiophene rings is 1. The van der Waals surface area contributed by atoms with E-state index in [1.54, 1.807) is 16.8 Å². The number of fused-ring (bicyclic) bond motifs is 1. The Labute approximate surface area is 188 Å². The summed E-state index contributed by atoms with van der Waals surface area (Å²) in [6, 6.07) is 15.0. The van der Waals surface area contributed by atoms with E-state index in [0.717, 1.165) is 38.4 Å². The maximum Gasteiger partial charge on any atom is 0.261 e. The van der Waals surface area contributed by atoms with Gasteiger partial charge in [-0.2, -0.15) is 5.10 Å². The molecule has 158 valence electrons. The molecule has 0 unspecified atom stereocenters. The molecular weight excluding hydrogens is 432 g/mol. The first-order valence-electron chi connectivity index (χ1n) is 9.73. The van der Waals surface area contributed by atoms with Crippen LogP contribution in [-0.4, -0.2) is 28.1 Å². The van der Waals surface area contributed by atoms with Crippen LogP contribution in [-0.2, 0) is 4.79 Å². The monoisotopic (exact) mass is 452 g/mol. The highest BCUT2D eigenvalue weighted by molar-refractivity contribution is 7.20. The van der Waals surface area contributed by atoms with E-state index in [-0.39, 0.29) is 18.4 Å². The third-order valence-electron chi connectivity index (χ3n) is 4.99. The Morgan fingerprint density at radius 1 is 1.06 bits per heavy atom. The van der Waals surface area contributed by atoms with Crippen molar-refractivity contribution in [2.45, 2.75) is 20.8 Å². The first kappa shape index (κ1) is 21.1. The van der Waals surface area contributed by atoms with Crippen LogP contribution >= 0.6 is 22.9 Å². The fourth-order valence-electron chi connectivity index (χ4n) is 3.36. The molecule has 2 N–H and O–H groups in total. The smallest absolute Gasteiger partial charge is 0.261 e. The Morgan fingerprint density at radius 3 is 2.42 bits per heavy atom. The molecule has 4 rings (SSSR count). The molecule has 0 bridgehead atoms. The van der Waals surface area contributed by atoms with Crippen LogP contribution in [0.3, 0.4) is 0 Å². The van der Waals surface area contributed by atoms with Gasteiger partial charge in [-0.15, -0.1) is 11.3 Å². The normalized spacial score (nSPS) is 11.0. The third-order valence-corrected chi connectivity index (χ3v) is 6.36. The highest BCUT2D eigenvalue weighted by atomic mass is 35.5. The minimum Gasteiger partial charge on any atom is -0.342 e. The van der Waals surface area contributed by atoms with Crippen molar-refractivity contribution < 1.29 is 9.59 Å². The van der Waals surface area contributed by atoms with Crippen molar-refractivity contribution in [1.82, 2.24) is 15.1 Å². The fourth-order valence-corrected chi connectivity index (χ4v) is 4.58. The summed E-state index contributed by atoms with van der Waals surface area (Å²) < 4.78 is 1.80. The van der Waals surface area contributed by atoms with Crippen LogP contribution in [0.5, 0.6) is 0 Å². The van der Waals surface area contributed by atoms with E-state index in [1.807, 2.05) is 57.2 Å². The number of anilines is 1. The van der Waals surface area contributed by atoms with Gasteiger partial charge in [0, 0.05) is 16.1 Å². The van der Waals surface area contributed by atoms with Gasteiger partial charge in [0.25, 0.3) is 5.91 Å². The standard InChI is InChI=1S/C23H21ClN4O2S/c1-13-5-4-6-14(2)21(13)26-20(29)12-25-22(30)19-11-18-15(3)27-28(23(18)31-19)17-9-7-16(24)8-10-17/h4-11H,12H2,1-3H3,(H,25,30)(H,26,29). The molecule has 0 radical (unpaired) electrons. The van der Waals surface area contributed by atoms with Gasteiger partial charge in [-0.1, -0.05) is 29.8 Å². The van der Waals surface area contributed by atoms with E-state index in [4.69, 9.17) is 11.6 Å². The number of hydrogen-bond acceptors (Lipinski definition) is 4. The molecule has 0 saturated heterocycles. The first-order valence-corrected chi connectivity index (χ1v) is 10.9. The molecule has 0 atom stereocenters. The average molecular weight is 453 g/mol. The summed E-state index contributed by atoms with van der Waals surface area (Å²) in [4.78, 5) is 26.4. The zero-order valence-electron chi connectivity index (χ0n) is 17.3. The van der Waals surface area contributed by atoms with E-state index >= 15 is 0 Å². The van der Waals surface area contributed by atoms with Crippen molar-refractivity contribution >= 4 is 50.7 Å². The van der Waals surface area contributed by atoms with Crippen LogP contribution in [0, 0.1) is 20.8 Å². The largest absolute Gasteiger partial charge is 0.342 e. The number of hydrogen-bond donors (Lipinski definition) is 2. The zero-order chi connectivity index (χ0) is 22.1. The van der Waals surface area contributed by atoms with Gasteiger partial charge in [0.1, 0.15) is 4.83 Å². The van der Waals surface area contributed by atoms with E-state index in [9.17, 15) is 9.59 Å². The maximum absolute atomic E-state index is 12.7. The number of benzene rings is 2. The molecule has 31 heavy (non-hydrogen) atoms. The molecule has 8 heteroatoms. The van der Waals surface area contributed by atoms with Gasteiger partial charge in [0.05, 0.1) is 22.8 Å². The highest BCUT2D eigenvalue weighted by Gasteiger charge is 2.18. The van der Waals surface area contributed by atoms with Crippen LogP contribution < -0.4 is 10.6 Å².